The van der Waals surface area contributed by atoms with Crippen molar-refractivity contribution < 1.29 is 4.74 Å². The number of imidazole rings is 1. The van der Waals surface area contributed by atoms with Gasteiger partial charge in [-0.05, 0) is 45.6 Å². The lowest BCUT2D eigenvalue weighted by Crippen LogP contribution is -2.24. The molecule has 4 aromatic rings. The molecule has 3 heterocycles. The number of hydrogen-bond acceptors (Lipinski definition) is 6. The van der Waals surface area contributed by atoms with Gasteiger partial charge in [-0.15, -0.1) is 11.3 Å². The predicted octanol–water partition coefficient (Wildman–Crippen LogP) is 1.85. The highest BCUT2D eigenvalue weighted by atomic mass is 32.1. The summed E-state index contributed by atoms with van der Waals surface area (Å²) in [6.45, 7) is 0.751. The van der Waals surface area contributed by atoms with Gasteiger partial charge in [0.2, 0.25) is 0 Å². The minimum Gasteiger partial charge on any atom is -0.486 e. The zero-order valence-corrected chi connectivity index (χ0v) is 14.8. The molecule has 0 radical (unpaired) electrons. The van der Waals surface area contributed by atoms with Gasteiger partial charge in [0.05, 0.1) is 6.54 Å². The largest absolute Gasteiger partial charge is 0.486 e. The molecule has 0 spiro atoms. The topological polar surface area (TPSA) is 79.8 Å². The Labute approximate surface area is 152 Å². The lowest BCUT2D eigenvalue weighted by molar-refractivity contribution is 0.291. The second-order valence-corrected chi connectivity index (χ2v) is 6.60. The number of aromatic nitrogens is 6. The number of rotatable bonds is 6. The van der Waals surface area contributed by atoms with Crippen molar-refractivity contribution in [2.45, 2.75) is 13.2 Å². The lowest BCUT2D eigenvalue weighted by atomic mass is 10.2. The fourth-order valence-electron chi connectivity index (χ4n) is 2.45. The Hall–Kier alpha value is -3.20. The maximum atomic E-state index is 12.4. The van der Waals surface area contributed by atoms with Crippen LogP contribution in [-0.2, 0) is 20.2 Å². The Balaban J connectivity index is 1.43. The minimum absolute atomic E-state index is 0.262. The van der Waals surface area contributed by atoms with Crippen molar-refractivity contribution in [2.24, 2.45) is 7.05 Å². The van der Waals surface area contributed by atoms with E-state index in [1.54, 1.807) is 6.20 Å². The molecule has 4 rings (SSSR count). The Kier molecular flexibility index (Phi) is 4.36. The smallest absolute Gasteiger partial charge is 0.369 e. The Morgan fingerprint density at radius 1 is 1.15 bits per heavy atom. The van der Waals surface area contributed by atoms with Crippen molar-refractivity contribution >= 4 is 11.3 Å². The highest BCUT2D eigenvalue weighted by Gasteiger charge is 2.10. The SMILES string of the molecule is Cn1ccnc1COc1ccc(Cn2nnn(-c3cccs3)c2=O)cc1. The van der Waals surface area contributed by atoms with Crippen LogP contribution in [-0.4, -0.2) is 29.3 Å². The zero-order chi connectivity index (χ0) is 17.9. The molecule has 0 aliphatic rings. The molecule has 0 saturated heterocycles. The number of hydrogen-bond donors (Lipinski definition) is 0. The quantitative estimate of drug-likeness (QED) is 0.519. The number of thiophene rings is 1. The molecule has 0 aliphatic carbocycles. The summed E-state index contributed by atoms with van der Waals surface area (Å²) >= 11 is 1.44. The third-order valence-corrected chi connectivity index (χ3v) is 4.74. The summed E-state index contributed by atoms with van der Waals surface area (Å²) < 4.78 is 10.3. The van der Waals surface area contributed by atoms with Crippen LogP contribution in [0.3, 0.4) is 0 Å². The maximum absolute atomic E-state index is 12.4. The molecule has 0 atom stereocenters. The van der Waals surface area contributed by atoms with E-state index in [-0.39, 0.29) is 5.69 Å². The molecule has 8 nitrogen and oxygen atoms in total. The van der Waals surface area contributed by atoms with E-state index in [1.165, 1.54) is 20.7 Å². The fourth-order valence-corrected chi connectivity index (χ4v) is 3.12. The van der Waals surface area contributed by atoms with Crippen molar-refractivity contribution in [2.75, 3.05) is 0 Å². The van der Waals surface area contributed by atoms with Gasteiger partial charge in [-0.3, -0.25) is 0 Å². The molecule has 0 aliphatic heterocycles. The summed E-state index contributed by atoms with van der Waals surface area (Å²) in [4.78, 5) is 16.6. The van der Waals surface area contributed by atoms with E-state index in [2.05, 4.69) is 15.4 Å². The van der Waals surface area contributed by atoms with Crippen LogP contribution in [0, 0.1) is 0 Å². The van der Waals surface area contributed by atoms with E-state index in [9.17, 15) is 4.79 Å². The van der Waals surface area contributed by atoms with Crippen molar-refractivity contribution in [3.8, 4) is 10.8 Å². The second-order valence-electron chi connectivity index (χ2n) is 5.67. The zero-order valence-electron chi connectivity index (χ0n) is 14.0. The van der Waals surface area contributed by atoms with E-state index in [1.807, 2.05) is 59.6 Å². The van der Waals surface area contributed by atoms with Gasteiger partial charge in [-0.1, -0.05) is 12.1 Å². The molecule has 0 fully saturated rings. The molecular formula is C17H16N6O2S. The molecule has 0 unspecified atom stereocenters. The van der Waals surface area contributed by atoms with Crippen molar-refractivity contribution in [1.29, 1.82) is 0 Å². The van der Waals surface area contributed by atoms with E-state index in [4.69, 9.17) is 4.74 Å². The van der Waals surface area contributed by atoms with E-state index in [0.717, 1.165) is 22.1 Å². The van der Waals surface area contributed by atoms with Gasteiger partial charge in [0.1, 0.15) is 23.2 Å². The van der Waals surface area contributed by atoms with Crippen molar-refractivity contribution in [1.82, 2.24) is 29.3 Å². The molecule has 0 amide bonds. The molecule has 0 saturated carbocycles. The number of tetrazole rings is 1. The van der Waals surface area contributed by atoms with Crippen molar-refractivity contribution in [3.05, 3.63) is 76.0 Å². The van der Waals surface area contributed by atoms with Crippen molar-refractivity contribution in [3.63, 3.8) is 0 Å². The average Bonchev–Trinajstić information content (AvgIpc) is 3.38. The minimum atomic E-state index is -0.262. The first-order chi connectivity index (χ1) is 12.7. The first-order valence-corrected chi connectivity index (χ1v) is 8.83. The Morgan fingerprint density at radius 2 is 2.00 bits per heavy atom. The van der Waals surface area contributed by atoms with Gasteiger partial charge in [-0.25, -0.2) is 9.78 Å². The van der Waals surface area contributed by atoms with Crippen LogP contribution in [0.1, 0.15) is 11.4 Å². The summed E-state index contributed by atoms with van der Waals surface area (Å²) in [6, 6.07) is 11.3. The highest BCUT2D eigenvalue weighted by molar-refractivity contribution is 7.12. The Morgan fingerprint density at radius 3 is 2.69 bits per heavy atom. The average molecular weight is 368 g/mol. The third kappa shape index (κ3) is 3.29. The summed E-state index contributed by atoms with van der Waals surface area (Å²) in [6.07, 6.45) is 3.62. The van der Waals surface area contributed by atoms with Gasteiger partial charge < -0.3 is 9.30 Å². The third-order valence-electron chi connectivity index (χ3n) is 3.90. The molecule has 132 valence electrons. The summed E-state index contributed by atoms with van der Waals surface area (Å²) in [5.74, 6) is 1.59. The lowest BCUT2D eigenvalue weighted by Gasteiger charge is -2.07. The van der Waals surface area contributed by atoms with Crippen LogP contribution in [0.15, 0.2) is 59.0 Å². The number of nitrogens with zero attached hydrogens (tertiary/aromatic N) is 6. The number of ether oxygens (including phenoxy) is 1. The van der Waals surface area contributed by atoms with Gasteiger partial charge in [0, 0.05) is 19.4 Å². The van der Waals surface area contributed by atoms with Gasteiger partial charge >= 0.3 is 5.69 Å². The number of benzene rings is 1. The summed E-state index contributed by atoms with van der Waals surface area (Å²) in [5.41, 5.74) is 0.678. The van der Waals surface area contributed by atoms with Gasteiger partial charge in [-0.2, -0.15) is 9.36 Å². The fraction of sp³-hybridized carbons (Fsp3) is 0.176. The summed E-state index contributed by atoms with van der Waals surface area (Å²) in [5, 5.41) is 10.5. The molecule has 3 aromatic heterocycles. The highest BCUT2D eigenvalue weighted by Crippen LogP contribution is 2.14. The van der Waals surface area contributed by atoms with E-state index >= 15 is 0 Å². The number of aryl methyl sites for hydroxylation is 1. The van der Waals surface area contributed by atoms with Crippen LogP contribution in [0.2, 0.25) is 0 Å². The van der Waals surface area contributed by atoms with Gasteiger partial charge in [0.25, 0.3) is 0 Å². The molecule has 1 aromatic carbocycles. The molecular weight excluding hydrogens is 352 g/mol. The first kappa shape index (κ1) is 16.3. The van der Waals surface area contributed by atoms with E-state index < -0.39 is 0 Å². The second kappa shape index (κ2) is 6.96. The van der Waals surface area contributed by atoms with Crippen LogP contribution in [0.25, 0.3) is 5.00 Å². The summed E-state index contributed by atoms with van der Waals surface area (Å²) in [7, 11) is 1.93. The van der Waals surface area contributed by atoms with E-state index in [0.29, 0.717) is 13.2 Å². The van der Waals surface area contributed by atoms with Crippen LogP contribution in [0.4, 0.5) is 0 Å². The molecule has 9 heteroatoms. The first-order valence-electron chi connectivity index (χ1n) is 7.95. The maximum Gasteiger partial charge on any atom is 0.369 e. The molecule has 0 bridgehead atoms. The van der Waals surface area contributed by atoms with Crippen LogP contribution in [0.5, 0.6) is 5.75 Å². The standard InChI is InChI=1S/C17H16N6O2S/c1-21-9-8-18-15(21)12-25-14-6-4-13(5-7-14)11-22-17(24)23(20-19-22)16-3-2-10-26-16/h2-10H,11-12H2,1H3. The molecule has 0 N–H and O–H groups in total. The van der Waals surface area contributed by atoms with Gasteiger partial charge in [0.15, 0.2) is 0 Å². The normalized spacial score (nSPS) is 11.0. The predicted molar refractivity (Wildman–Crippen MR) is 96.6 cm³/mol. The molecule has 26 heavy (non-hydrogen) atoms. The van der Waals surface area contributed by atoms with Crippen LogP contribution >= 0.6 is 11.3 Å². The van der Waals surface area contributed by atoms with Crippen LogP contribution < -0.4 is 10.4 Å². The Bertz CT molecular complexity index is 1050. The monoisotopic (exact) mass is 368 g/mol.